The molecule has 59 heavy (non-hydrogen) atoms. The van der Waals surface area contributed by atoms with Crippen LogP contribution in [-0.2, 0) is 19.1 Å². The molecule has 0 saturated carbocycles. The number of alkyl carbamates (subject to hydrolysis) is 2. The second kappa shape index (κ2) is 17.7. The molecule has 4 aliphatic rings. The highest BCUT2D eigenvalue weighted by molar-refractivity contribution is 5.97. The molecule has 4 N–H and O–H groups in total. The third kappa shape index (κ3) is 8.58. The summed E-state index contributed by atoms with van der Waals surface area (Å²) in [6, 6.07) is 20.0. The molecule has 2 fully saturated rings. The van der Waals surface area contributed by atoms with Crippen molar-refractivity contribution in [3.63, 3.8) is 0 Å². The van der Waals surface area contributed by atoms with Crippen LogP contribution in [0.1, 0.15) is 83.5 Å². The highest BCUT2D eigenvalue weighted by Gasteiger charge is 2.45. The van der Waals surface area contributed by atoms with Crippen molar-refractivity contribution in [2.75, 3.05) is 33.9 Å². The quantitative estimate of drug-likeness (QED) is 0.191. The number of rotatable bonds is 11. The Balaban J connectivity index is 0.979. The van der Waals surface area contributed by atoms with Crippen LogP contribution in [0, 0.1) is 11.8 Å². The van der Waals surface area contributed by atoms with Crippen LogP contribution >= 0.6 is 0 Å². The first-order valence-electron chi connectivity index (χ1n) is 21.0. The van der Waals surface area contributed by atoms with Gasteiger partial charge in [-0.05, 0) is 89.6 Å². The van der Waals surface area contributed by atoms with Crippen molar-refractivity contribution in [1.82, 2.24) is 31.1 Å². The van der Waals surface area contributed by atoms with Gasteiger partial charge >= 0.3 is 12.2 Å². The number of amides is 4. The van der Waals surface area contributed by atoms with Gasteiger partial charge in [0.05, 0.1) is 51.5 Å². The minimum atomic E-state index is -0.664. The maximum absolute atomic E-state index is 13.7. The molecule has 7 rings (SSSR count). The van der Waals surface area contributed by atoms with Crippen LogP contribution in [0.15, 0.2) is 70.6 Å². The predicted octanol–water partition coefficient (Wildman–Crippen LogP) is 5.72. The summed E-state index contributed by atoms with van der Waals surface area (Å²) in [6.07, 6.45) is 1.32. The zero-order valence-electron chi connectivity index (χ0n) is 35.2. The van der Waals surface area contributed by atoms with Gasteiger partial charge in [-0.2, -0.15) is 0 Å². The molecule has 14 nitrogen and oxygen atoms in total. The number of ether oxygens (including phenoxy) is 2. The normalized spacial score (nSPS) is 26.1. The van der Waals surface area contributed by atoms with Crippen LogP contribution in [0.3, 0.4) is 0 Å². The fourth-order valence-corrected chi connectivity index (χ4v) is 9.09. The summed E-state index contributed by atoms with van der Waals surface area (Å²) in [5, 5.41) is 14.9. The molecule has 0 aromatic heterocycles. The van der Waals surface area contributed by atoms with E-state index in [0.717, 1.165) is 57.5 Å². The Morgan fingerprint density at radius 1 is 0.712 bits per heavy atom. The van der Waals surface area contributed by atoms with Gasteiger partial charge in [-0.25, -0.2) is 9.59 Å². The molecule has 4 heterocycles. The third-order valence-electron chi connectivity index (χ3n) is 12.7. The Morgan fingerprint density at radius 3 is 1.88 bits per heavy atom. The van der Waals surface area contributed by atoms with Gasteiger partial charge in [-0.3, -0.25) is 19.6 Å². The molecule has 314 valence electrons. The zero-order chi connectivity index (χ0) is 42.0. The Morgan fingerprint density at radius 2 is 1.25 bits per heavy atom. The molecular formula is C45H58N8O6. The van der Waals surface area contributed by atoms with Crippen molar-refractivity contribution in [3.8, 4) is 11.1 Å². The first kappa shape index (κ1) is 41.5. The van der Waals surface area contributed by atoms with Gasteiger partial charge in [0.2, 0.25) is 11.8 Å². The lowest BCUT2D eigenvalue weighted by Gasteiger charge is -2.32. The van der Waals surface area contributed by atoms with Gasteiger partial charge in [0.1, 0.15) is 23.8 Å². The highest BCUT2D eigenvalue weighted by Crippen LogP contribution is 2.35. The molecule has 4 aliphatic heterocycles. The van der Waals surface area contributed by atoms with E-state index in [4.69, 9.17) is 19.5 Å². The Hall–Kier alpha value is -5.66. The summed E-state index contributed by atoms with van der Waals surface area (Å²) >= 11 is 0. The Bertz CT molecular complexity index is 2120. The van der Waals surface area contributed by atoms with Crippen molar-refractivity contribution < 1.29 is 28.7 Å². The molecule has 2 saturated heterocycles. The summed E-state index contributed by atoms with van der Waals surface area (Å²) in [4.78, 5) is 64.7. The fraction of sp³-hybridized carbons (Fsp3) is 0.511. The summed E-state index contributed by atoms with van der Waals surface area (Å²) < 4.78 is 9.52. The molecule has 0 aliphatic carbocycles. The van der Waals surface area contributed by atoms with Crippen LogP contribution in [0.4, 0.5) is 9.59 Å². The lowest BCUT2D eigenvalue weighted by Crippen LogP contribution is -2.55. The second-order valence-electron chi connectivity index (χ2n) is 16.5. The van der Waals surface area contributed by atoms with Crippen LogP contribution in [0.5, 0.6) is 0 Å². The van der Waals surface area contributed by atoms with Crippen molar-refractivity contribution in [3.05, 3.63) is 71.8 Å². The number of likely N-dealkylation sites (tertiary alicyclic amines) is 2. The van der Waals surface area contributed by atoms with Gasteiger partial charge in [0.15, 0.2) is 0 Å². The number of nitrogens with zero attached hydrogens (tertiary/aromatic N) is 4. The number of hydrogen-bond donors (Lipinski definition) is 4. The zero-order valence-corrected chi connectivity index (χ0v) is 35.2. The topological polar surface area (TPSA) is 166 Å². The summed E-state index contributed by atoms with van der Waals surface area (Å²) in [5.41, 5.74) is 4.51. The molecule has 0 bridgehead atoms. The number of carbonyl (C=O) groups excluding carboxylic acids is 4. The van der Waals surface area contributed by atoms with E-state index in [9.17, 15) is 19.2 Å². The molecule has 9 atom stereocenters. The number of fused-ring (bicyclic) bond motifs is 1. The number of carbonyl (C=O) groups is 4. The van der Waals surface area contributed by atoms with Crippen LogP contribution in [0.2, 0.25) is 0 Å². The van der Waals surface area contributed by atoms with Crippen molar-refractivity contribution >= 4 is 46.4 Å². The van der Waals surface area contributed by atoms with Crippen molar-refractivity contribution in [1.29, 1.82) is 0 Å². The van der Waals surface area contributed by atoms with E-state index in [1.165, 1.54) is 14.2 Å². The maximum Gasteiger partial charge on any atom is 0.407 e. The summed E-state index contributed by atoms with van der Waals surface area (Å²) in [6.45, 7) is 11.9. The number of nitrogens with one attached hydrogen (secondary N) is 4. The summed E-state index contributed by atoms with van der Waals surface area (Å²) in [5.74, 6) is 2.01. The van der Waals surface area contributed by atoms with E-state index in [-0.39, 0.29) is 47.9 Å². The molecule has 2 unspecified atom stereocenters. The Labute approximate surface area is 346 Å². The minimum absolute atomic E-state index is 0.00573. The second-order valence-corrected chi connectivity index (χ2v) is 16.5. The van der Waals surface area contributed by atoms with E-state index >= 15 is 0 Å². The standard InChI is InChI=1S/C45H58N8O6/c1-8-34(50-44(56)58-6)42(54)52-24-25(3)18-38(52)40-46-22-36(48-40)29-12-10-28(11-13-29)30-14-15-32-21-33(17-16-31(32)20-30)37-23-47-41(49-37)39-19-26(4)27(5)53(39)43(55)35(9-2)51-45(57)59-7/h10-17,20-21,25-27,34-39H,8-9,18-19,22-24H2,1-7H3,(H,46,48)(H,47,49)(H,50,56)(H,51,57)/t25-,26-,27-,34+,35+,36?,37?,38+,39+/m1/s1. The predicted molar refractivity (Wildman–Crippen MR) is 228 cm³/mol. The van der Waals surface area contributed by atoms with E-state index in [2.05, 4.69) is 103 Å². The van der Waals surface area contributed by atoms with Crippen molar-refractivity contribution in [2.24, 2.45) is 21.8 Å². The molecule has 4 amide bonds. The molecule has 3 aromatic rings. The number of benzene rings is 3. The maximum atomic E-state index is 13.7. The van der Waals surface area contributed by atoms with E-state index in [0.29, 0.717) is 38.4 Å². The average Bonchev–Trinajstić information content (AvgIpc) is 4.08. The SMILES string of the molecule is CC[C@H](NC(=O)OC)C(=O)N1C[C@H](C)C[C@H]1C1=NCC(c2ccc(-c3ccc4cc(C5CN=C([C@@H]6C[C@@H](C)[C@@H](C)N6C(=O)[C@H](CC)NC(=O)OC)N5)ccc4c3)cc2)N1. The number of methoxy groups -OCH3 is 2. The minimum Gasteiger partial charge on any atom is -0.453 e. The molecule has 3 aromatic carbocycles. The smallest absolute Gasteiger partial charge is 0.407 e. The van der Waals surface area contributed by atoms with E-state index in [1.807, 2.05) is 23.6 Å². The number of amidine groups is 2. The molecule has 0 radical (unpaired) electrons. The fourth-order valence-electron chi connectivity index (χ4n) is 9.09. The summed E-state index contributed by atoms with van der Waals surface area (Å²) in [7, 11) is 2.60. The molecule has 0 spiro atoms. The number of aliphatic imine (C=N–C) groups is 2. The lowest BCUT2D eigenvalue weighted by molar-refractivity contribution is -0.135. The average molecular weight is 807 g/mol. The van der Waals surface area contributed by atoms with Gasteiger partial charge in [-0.1, -0.05) is 76.2 Å². The molecular weight excluding hydrogens is 749 g/mol. The van der Waals surface area contributed by atoms with Crippen molar-refractivity contribution in [2.45, 2.75) is 103 Å². The van der Waals surface area contributed by atoms with Gasteiger partial charge in [0.25, 0.3) is 0 Å². The largest absolute Gasteiger partial charge is 0.453 e. The van der Waals surface area contributed by atoms with Crippen LogP contribution in [-0.4, -0.2) is 110 Å². The van der Waals surface area contributed by atoms with Gasteiger partial charge in [-0.15, -0.1) is 0 Å². The highest BCUT2D eigenvalue weighted by atomic mass is 16.5. The molecule has 14 heteroatoms. The third-order valence-corrected chi connectivity index (χ3v) is 12.7. The first-order chi connectivity index (χ1) is 28.4. The van der Waals surface area contributed by atoms with Gasteiger partial charge in [0, 0.05) is 12.6 Å². The first-order valence-corrected chi connectivity index (χ1v) is 21.0. The van der Waals surface area contributed by atoms with E-state index < -0.39 is 24.3 Å². The monoisotopic (exact) mass is 806 g/mol. The lowest BCUT2D eigenvalue weighted by atomic mass is 9.96. The van der Waals surface area contributed by atoms with Crippen LogP contribution < -0.4 is 21.3 Å². The van der Waals surface area contributed by atoms with Gasteiger partial charge < -0.3 is 40.5 Å². The Kier molecular flexibility index (Phi) is 12.4. The van der Waals surface area contributed by atoms with E-state index in [1.54, 1.807) is 0 Å². The van der Waals surface area contributed by atoms with Crippen LogP contribution in [0.25, 0.3) is 21.9 Å². The number of hydrogen-bond acceptors (Lipinski definition) is 10.